The van der Waals surface area contributed by atoms with Crippen LogP contribution in [-0.2, 0) is 4.74 Å². The second-order valence-electron chi connectivity index (χ2n) is 2.47. The topological polar surface area (TPSA) is 90.2 Å². The Labute approximate surface area is 63.8 Å². The molecule has 1 rings (SSSR count). The summed E-state index contributed by atoms with van der Waals surface area (Å²) in [6.07, 6.45) is -3.58. The second-order valence-corrected chi connectivity index (χ2v) is 2.47. The van der Waals surface area contributed by atoms with Crippen LogP contribution in [0.3, 0.4) is 0 Å². The van der Waals surface area contributed by atoms with Gasteiger partial charge in [0.15, 0.2) is 6.29 Å². The normalized spacial score (nSPS) is 40.9. The van der Waals surface area contributed by atoms with Crippen molar-refractivity contribution in [3.63, 3.8) is 0 Å². The molecule has 0 amide bonds. The summed E-state index contributed by atoms with van der Waals surface area (Å²) in [6, 6.07) is 0. The molecule has 3 atom stereocenters. The minimum atomic E-state index is -1.43. The lowest BCUT2D eigenvalue weighted by atomic mass is 10.0. The molecule has 0 spiro atoms. The number of aliphatic hydroxyl groups is 4. The summed E-state index contributed by atoms with van der Waals surface area (Å²) < 4.78 is 4.69. The van der Waals surface area contributed by atoms with E-state index in [2.05, 4.69) is 0 Å². The van der Waals surface area contributed by atoms with Crippen molar-refractivity contribution in [1.82, 2.24) is 0 Å². The molecular formula is C6H11O5. The molecule has 1 aliphatic heterocycles. The fourth-order valence-electron chi connectivity index (χ4n) is 0.946. The summed E-state index contributed by atoms with van der Waals surface area (Å²) in [5.41, 5.74) is 0. The van der Waals surface area contributed by atoms with Gasteiger partial charge in [-0.3, -0.25) is 0 Å². The van der Waals surface area contributed by atoms with Crippen molar-refractivity contribution in [1.29, 1.82) is 0 Å². The minimum Gasteiger partial charge on any atom is -0.394 e. The van der Waals surface area contributed by atoms with Gasteiger partial charge < -0.3 is 25.2 Å². The first-order valence-electron chi connectivity index (χ1n) is 3.32. The minimum absolute atomic E-state index is 0.0642. The van der Waals surface area contributed by atoms with Gasteiger partial charge in [0, 0.05) is 6.42 Å². The van der Waals surface area contributed by atoms with Crippen LogP contribution in [0.25, 0.3) is 0 Å². The van der Waals surface area contributed by atoms with E-state index in [-0.39, 0.29) is 19.1 Å². The van der Waals surface area contributed by atoms with Gasteiger partial charge in [-0.15, -0.1) is 0 Å². The molecule has 1 fully saturated rings. The van der Waals surface area contributed by atoms with Crippen molar-refractivity contribution in [2.45, 2.75) is 24.9 Å². The maximum absolute atomic E-state index is 8.97. The average Bonchev–Trinajstić information content (AvgIpc) is 1.99. The summed E-state index contributed by atoms with van der Waals surface area (Å²) in [6.45, 7) is -0.284. The first-order chi connectivity index (χ1) is 5.15. The Morgan fingerprint density at radius 3 is 2.55 bits per heavy atom. The van der Waals surface area contributed by atoms with Crippen molar-refractivity contribution >= 4 is 0 Å². The van der Waals surface area contributed by atoms with Gasteiger partial charge in [-0.05, 0) is 0 Å². The Balaban J connectivity index is 2.47. The van der Waals surface area contributed by atoms with E-state index in [0.29, 0.717) is 0 Å². The van der Waals surface area contributed by atoms with E-state index in [1.165, 1.54) is 0 Å². The van der Waals surface area contributed by atoms with Crippen LogP contribution in [0.4, 0.5) is 0 Å². The molecular weight excluding hydrogens is 152 g/mol. The summed E-state index contributed by atoms with van der Waals surface area (Å²) in [5.74, 6) is 0. The molecule has 1 saturated heterocycles. The molecule has 5 nitrogen and oxygen atoms in total. The zero-order valence-corrected chi connectivity index (χ0v) is 5.84. The van der Waals surface area contributed by atoms with Gasteiger partial charge in [0.2, 0.25) is 0 Å². The SMILES string of the molecule is OCC1C[C](O)C(O)C(O)O1. The third kappa shape index (κ3) is 1.88. The molecule has 0 saturated carbocycles. The van der Waals surface area contributed by atoms with Crippen molar-refractivity contribution < 1.29 is 25.2 Å². The highest BCUT2D eigenvalue weighted by Crippen LogP contribution is 2.23. The quantitative estimate of drug-likeness (QED) is 0.372. The van der Waals surface area contributed by atoms with E-state index in [1.54, 1.807) is 0 Å². The van der Waals surface area contributed by atoms with Crippen LogP contribution < -0.4 is 0 Å². The molecule has 0 aromatic heterocycles. The van der Waals surface area contributed by atoms with Gasteiger partial charge in [0.05, 0.1) is 12.7 Å². The Hall–Kier alpha value is -0.200. The molecule has 4 N–H and O–H groups in total. The zero-order chi connectivity index (χ0) is 8.43. The number of aliphatic hydroxyl groups excluding tert-OH is 4. The molecule has 0 bridgehead atoms. The summed E-state index contributed by atoms with van der Waals surface area (Å²) >= 11 is 0. The van der Waals surface area contributed by atoms with Crippen molar-refractivity contribution in [3.8, 4) is 0 Å². The molecule has 0 aliphatic carbocycles. The lowest BCUT2D eigenvalue weighted by Gasteiger charge is -2.32. The van der Waals surface area contributed by atoms with Crippen LogP contribution in [0.1, 0.15) is 6.42 Å². The van der Waals surface area contributed by atoms with E-state index >= 15 is 0 Å². The Morgan fingerprint density at radius 2 is 2.09 bits per heavy atom. The molecule has 65 valence electrons. The van der Waals surface area contributed by atoms with E-state index < -0.39 is 18.5 Å². The van der Waals surface area contributed by atoms with Gasteiger partial charge in [0.25, 0.3) is 0 Å². The van der Waals surface area contributed by atoms with Gasteiger partial charge in [-0.25, -0.2) is 0 Å². The molecule has 1 aliphatic rings. The van der Waals surface area contributed by atoms with Gasteiger partial charge >= 0.3 is 0 Å². The molecule has 1 radical (unpaired) electrons. The molecule has 5 heteroatoms. The lowest BCUT2D eigenvalue weighted by Crippen LogP contribution is -2.45. The first kappa shape index (κ1) is 8.89. The van der Waals surface area contributed by atoms with Crippen LogP contribution in [0.15, 0.2) is 0 Å². The number of hydrogen-bond donors (Lipinski definition) is 4. The van der Waals surface area contributed by atoms with Crippen molar-refractivity contribution in [2.24, 2.45) is 0 Å². The van der Waals surface area contributed by atoms with Gasteiger partial charge in [0.1, 0.15) is 12.2 Å². The highest BCUT2D eigenvalue weighted by Gasteiger charge is 2.35. The average molecular weight is 163 g/mol. The third-order valence-corrected chi connectivity index (χ3v) is 1.58. The van der Waals surface area contributed by atoms with E-state index in [1.807, 2.05) is 0 Å². The molecule has 11 heavy (non-hydrogen) atoms. The maximum Gasteiger partial charge on any atom is 0.184 e. The van der Waals surface area contributed by atoms with E-state index in [4.69, 9.17) is 25.2 Å². The largest absolute Gasteiger partial charge is 0.394 e. The van der Waals surface area contributed by atoms with Crippen LogP contribution >= 0.6 is 0 Å². The number of rotatable bonds is 1. The van der Waals surface area contributed by atoms with Gasteiger partial charge in [-0.2, -0.15) is 0 Å². The summed E-state index contributed by atoms with van der Waals surface area (Å²) in [5, 5.41) is 35.3. The standard InChI is InChI=1S/C6H11O5/c7-2-3-1-4(8)5(9)6(10)11-3/h3,5-10H,1-2H2. The molecule has 0 aromatic rings. The Kier molecular flexibility index (Phi) is 2.80. The third-order valence-electron chi connectivity index (χ3n) is 1.58. The van der Waals surface area contributed by atoms with Crippen LogP contribution in [0, 0.1) is 6.10 Å². The highest BCUT2D eigenvalue weighted by molar-refractivity contribution is 4.93. The fourth-order valence-corrected chi connectivity index (χ4v) is 0.946. The van der Waals surface area contributed by atoms with E-state index in [9.17, 15) is 0 Å². The fraction of sp³-hybridized carbons (Fsp3) is 0.833. The molecule has 3 unspecified atom stereocenters. The molecule has 0 aromatic carbocycles. The van der Waals surface area contributed by atoms with Crippen molar-refractivity contribution in [2.75, 3.05) is 6.61 Å². The van der Waals surface area contributed by atoms with Crippen LogP contribution in [0.2, 0.25) is 0 Å². The van der Waals surface area contributed by atoms with E-state index in [0.717, 1.165) is 0 Å². The van der Waals surface area contributed by atoms with Crippen LogP contribution in [-0.4, -0.2) is 45.5 Å². The predicted molar refractivity (Wildman–Crippen MR) is 33.8 cm³/mol. The molecule has 1 heterocycles. The van der Waals surface area contributed by atoms with Crippen molar-refractivity contribution in [3.05, 3.63) is 6.10 Å². The van der Waals surface area contributed by atoms with Gasteiger partial charge in [-0.1, -0.05) is 0 Å². The highest BCUT2D eigenvalue weighted by atomic mass is 16.6. The summed E-state index contributed by atoms with van der Waals surface area (Å²) in [7, 11) is 0. The Morgan fingerprint density at radius 1 is 1.45 bits per heavy atom. The smallest absolute Gasteiger partial charge is 0.184 e. The number of hydrogen-bond acceptors (Lipinski definition) is 5. The second kappa shape index (κ2) is 3.46. The van der Waals surface area contributed by atoms with Crippen LogP contribution in [0.5, 0.6) is 0 Å². The first-order valence-corrected chi connectivity index (χ1v) is 3.32. The number of ether oxygens (including phenoxy) is 1. The lowest BCUT2D eigenvalue weighted by molar-refractivity contribution is -0.228. The predicted octanol–water partition coefficient (Wildman–Crippen LogP) is -1.65. The maximum atomic E-state index is 8.97. The zero-order valence-electron chi connectivity index (χ0n) is 5.84. The summed E-state index contributed by atoms with van der Waals surface area (Å²) in [4.78, 5) is 0. The monoisotopic (exact) mass is 163 g/mol. The Bertz CT molecular complexity index is 116.